The molecular formula is C13H26N2O. The third kappa shape index (κ3) is 3.72. The number of methoxy groups -OCH3 is 1. The third-order valence-electron chi connectivity index (χ3n) is 3.97. The Morgan fingerprint density at radius 3 is 2.94 bits per heavy atom. The first kappa shape index (κ1) is 12.3. The maximum atomic E-state index is 5.60. The summed E-state index contributed by atoms with van der Waals surface area (Å²) in [6, 6.07) is 0. The molecule has 0 aromatic heterocycles. The summed E-state index contributed by atoms with van der Waals surface area (Å²) in [7, 11) is 1.84. The van der Waals surface area contributed by atoms with E-state index in [4.69, 9.17) is 4.74 Å². The predicted molar refractivity (Wildman–Crippen MR) is 66.7 cm³/mol. The molecule has 94 valence electrons. The number of likely N-dealkylation sites (tertiary alicyclic amines) is 1. The molecule has 0 spiro atoms. The van der Waals surface area contributed by atoms with Crippen LogP contribution in [0.4, 0.5) is 0 Å². The van der Waals surface area contributed by atoms with Crippen LogP contribution < -0.4 is 5.32 Å². The van der Waals surface area contributed by atoms with Gasteiger partial charge in [0, 0.05) is 26.7 Å². The van der Waals surface area contributed by atoms with Gasteiger partial charge in [-0.1, -0.05) is 0 Å². The Morgan fingerprint density at radius 1 is 1.44 bits per heavy atom. The average molecular weight is 226 g/mol. The van der Waals surface area contributed by atoms with Gasteiger partial charge in [-0.15, -0.1) is 0 Å². The molecule has 1 unspecified atom stereocenters. The van der Waals surface area contributed by atoms with Crippen molar-refractivity contribution >= 4 is 0 Å². The van der Waals surface area contributed by atoms with E-state index in [-0.39, 0.29) is 5.60 Å². The summed E-state index contributed by atoms with van der Waals surface area (Å²) < 4.78 is 5.60. The van der Waals surface area contributed by atoms with Crippen molar-refractivity contribution in [3.8, 4) is 0 Å². The van der Waals surface area contributed by atoms with Crippen LogP contribution in [0.2, 0.25) is 0 Å². The van der Waals surface area contributed by atoms with Gasteiger partial charge in [-0.05, 0) is 51.6 Å². The molecule has 1 aliphatic carbocycles. The minimum absolute atomic E-state index is 0.0920. The molecule has 1 aliphatic heterocycles. The molecule has 0 bridgehead atoms. The van der Waals surface area contributed by atoms with Gasteiger partial charge in [-0.25, -0.2) is 0 Å². The quantitative estimate of drug-likeness (QED) is 0.694. The average Bonchev–Trinajstić information content (AvgIpc) is 3.09. The van der Waals surface area contributed by atoms with Crippen LogP contribution in [-0.2, 0) is 4.74 Å². The molecule has 2 fully saturated rings. The summed E-state index contributed by atoms with van der Waals surface area (Å²) in [5.74, 6) is 0.991. The number of hydrogen-bond acceptors (Lipinski definition) is 3. The Balaban J connectivity index is 1.60. The van der Waals surface area contributed by atoms with Crippen LogP contribution in [0.3, 0.4) is 0 Å². The van der Waals surface area contributed by atoms with Gasteiger partial charge in [0.25, 0.3) is 0 Å². The van der Waals surface area contributed by atoms with Gasteiger partial charge in [0.15, 0.2) is 0 Å². The molecular weight excluding hydrogens is 200 g/mol. The SMILES string of the molecule is COC1(C)CCCN(CCNCC2CC2)C1. The fraction of sp³-hybridized carbons (Fsp3) is 1.00. The van der Waals surface area contributed by atoms with Crippen molar-refractivity contribution in [2.45, 2.75) is 38.2 Å². The molecule has 2 rings (SSSR count). The molecule has 3 nitrogen and oxygen atoms in total. The van der Waals surface area contributed by atoms with Crippen molar-refractivity contribution in [2.24, 2.45) is 5.92 Å². The lowest BCUT2D eigenvalue weighted by atomic mass is 9.95. The fourth-order valence-corrected chi connectivity index (χ4v) is 2.53. The van der Waals surface area contributed by atoms with Gasteiger partial charge in [-0.2, -0.15) is 0 Å². The largest absolute Gasteiger partial charge is 0.377 e. The van der Waals surface area contributed by atoms with Crippen LogP contribution in [-0.4, -0.2) is 50.3 Å². The molecule has 0 aromatic carbocycles. The highest BCUT2D eigenvalue weighted by Gasteiger charge is 2.30. The summed E-state index contributed by atoms with van der Waals surface area (Å²) in [4.78, 5) is 2.53. The number of ether oxygens (including phenoxy) is 1. The summed E-state index contributed by atoms with van der Waals surface area (Å²) >= 11 is 0. The molecule has 0 aromatic rings. The Hall–Kier alpha value is -0.120. The molecule has 3 heteroatoms. The smallest absolute Gasteiger partial charge is 0.0777 e. The minimum atomic E-state index is 0.0920. The van der Waals surface area contributed by atoms with E-state index in [2.05, 4.69) is 17.1 Å². The number of hydrogen-bond donors (Lipinski definition) is 1. The second kappa shape index (κ2) is 5.48. The number of nitrogens with zero attached hydrogens (tertiary/aromatic N) is 1. The van der Waals surface area contributed by atoms with Crippen molar-refractivity contribution in [3.63, 3.8) is 0 Å². The van der Waals surface area contributed by atoms with Crippen LogP contribution in [0.15, 0.2) is 0 Å². The van der Waals surface area contributed by atoms with Crippen molar-refractivity contribution in [2.75, 3.05) is 39.8 Å². The summed E-state index contributed by atoms with van der Waals surface area (Å²) in [5, 5.41) is 3.56. The van der Waals surface area contributed by atoms with Gasteiger partial charge >= 0.3 is 0 Å². The van der Waals surface area contributed by atoms with E-state index in [1.54, 1.807) is 0 Å². The van der Waals surface area contributed by atoms with E-state index in [1.165, 1.54) is 45.3 Å². The van der Waals surface area contributed by atoms with Crippen LogP contribution >= 0.6 is 0 Å². The molecule has 1 N–H and O–H groups in total. The molecule has 16 heavy (non-hydrogen) atoms. The van der Waals surface area contributed by atoms with E-state index in [0.29, 0.717) is 0 Å². The minimum Gasteiger partial charge on any atom is -0.377 e. The van der Waals surface area contributed by atoms with Gasteiger partial charge in [0.05, 0.1) is 5.60 Å². The van der Waals surface area contributed by atoms with Gasteiger partial charge in [0.1, 0.15) is 0 Å². The highest BCUT2D eigenvalue weighted by Crippen LogP contribution is 2.27. The third-order valence-corrected chi connectivity index (χ3v) is 3.97. The molecule has 1 saturated carbocycles. The van der Waals surface area contributed by atoms with Crippen LogP contribution in [0, 0.1) is 5.92 Å². The van der Waals surface area contributed by atoms with E-state index >= 15 is 0 Å². The lowest BCUT2D eigenvalue weighted by Gasteiger charge is -2.39. The second-order valence-corrected chi connectivity index (χ2v) is 5.68. The van der Waals surface area contributed by atoms with Gasteiger partial charge < -0.3 is 10.1 Å². The van der Waals surface area contributed by atoms with Crippen LogP contribution in [0.5, 0.6) is 0 Å². The lowest BCUT2D eigenvalue weighted by molar-refractivity contribution is -0.0502. The first-order valence-corrected chi connectivity index (χ1v) is 6.70. The number of nitrogens with one attached hydrogen (secondary N) is 1. The Kier molecular flexibility index (Phi) is 4.22. The van der Waals surface area contributed by atoms with E-state index in [9.17, 15) is 0 Å². The van der Waals surface area contributed by atoms with Crippen molar-refractivity contribution < 1.29 is 4.74 Å². The maximum absolute atomic E-state index is 5.60. The summed E-state index contributed by atoms with van der Waals surface area (Å²) in [6.45, 7) is 8.10. The van der Waals surface area contributed by atoms with Crippen LogP contribution in [0.25, 0.3) is 0 Å². The Morgan fingerprint density at radius 2 is 2.25 bits per heavy atom. The molecule has 1 atom stereocenters. The number of piperidine rings is 1. The summed E-state index contributed by atoms with van der Waals surface area (Å²) in [5.41, 5.74) is 0.0920. The second-order valence-electron chi connectivity index (χ2n) is 5.68. The topological polar surface area (TPSA) is 24.5 Å². The lowest BCUT2D eigenvalue weighted by Crippen LogP contribution is -2.49. The molecule has 1 saturated heterocycles. The zero-order chi connectivity index (χ0) is 11.4. The zero-order valence-corrected chi connectivity index (χ0v) is 10.8. The Labute approximate surface area is 99.5 Å². The predicted octanol–water partition coefficient (Wildman–Crippen LogP) is 1.49. The van der Waals surface area contributed by atoms with Crippen molar-refractivity contribution in [3.05, 3.63) is 0 Å². The van der Waals surface area contributed by atoms with Gasteiger partial charge in [0.2, 0.25) is 0 Å². The van der Waals surface area contributed by atoms with E-state index in [0.717, 1.165) is 19.0 Å². The normalized spacial score (nSPS) is 31.9. The molecule has 1 heterocycles. The van der Waals surface area contributed by atoms with Crippen molar-refractivity contribution in [1.82, 2.24) is 10.2 Å². The van der Waals surface area contributed by atoms with Crippen LogP contribution in [0.1, 0.15) is 32.6 Å². The number of rotatable bonds is 6. The Bertz CT molecular complexity index is 218. The molecule has 0 radical (unpaired) electrons. The van der Waals surface area contributed by atoms with Crippen molar-refractivity contribution in [1.29, 1.82) is 0 Å². The van der Waals surface area contributed by atoms with E-state index in [1.807, 2.05) is 7.11 Å². The molecule has 2 aliphatic rings. The first-order chi connectivity index (χ1) is 7.72. The first-order valence-electron chi connectivity index (χ1n) is 6.70. The fourth-order valence-electron chi connectivity index (χ4n) is 2.53. The van der Waals surface area contributed by atoms with E-state index < -0.39 is 0 Å². The highest BCUT2D eigenvalue weighted by molar-refractivity contribution is 4.85. The molecule has 0 amide bonds. The highest BCUT2D eigenvalue weighted by atomic mass is 16.5. The standard InChI is InChI=1S/C13H26N2O/c1-13(16-2)6-3-8-15(11-13)9-7-14-10-12-4-5-12/h12,14H,3-11H2,1-2H3. The maximum Gasteiger partial charge on any atom is 0.0777 e. The summed E-state index contributed by atoms with van der Waals surface area (Å²) in [6.07, 6.45) is 5.36. The van der Waals surface area contributed by atoms with Gasteiger partial charge in [-0.3, -0.25) is 4.90 Å². The monoisotopic (exact) mass is 226 g/mol. The zero-order valence-electron chi connectivity index (χ0n) is 10.8.